The molecule has 0 aliphatic heterocycles. The van der Waals surface area contributed by atoms with Crippen LogP contribution in [0.5, 0.6) is 5.75 Å². The van der Waals surface area contributed by atoms with E-state index in [1.54, 1.807) is 12.1 Å². The molecule has 1 aliphatic carbocycles. The minimum atomic E-state index is -3.63. The summed E-state index contributed by atoms with van der Waals surface area (Å²) >= 11 is 0. The first kappa shape index (κ1) is 12.3. The van der Waals surface area contributed by atoms with Crippen LogP contribution in [0.25, 0.3) is 0 Å². The number of aryl methyl sites for hydroxylation is 1. The molecule has 2 rings (SSSR count). The molecule has 1 aliphatic rings. The van der Waals surface area contributed by atoms with Crippen LogP contribution >= 0.6 is 7.60 Å². The van der Waals surface area contributed by atoms with E-state index in [0.717, 1.165) is 5.56 Å². The van der Waals surface area contributed by atoms with Gasteiger partial charge in [0.15, 0.2) is 5.78 Å². The number of fused-ring (bicyclic) bond motifs is 1. The Morgan fingerprint density at radius 3 is 2.88 bits per heavy atom. The first-order valence-corrected chi connectivity index (χ1v) is 7.46. The molecule has 92 valence electrons. The topological polar surface area (TPSA) is 63.6 Å². The fourth-order valence-corrected chi connectivity index (χ4v) is 3.15. The third kappa shape index (κ3) is 2.59. The minimum absolute atomic E-state index is 0.00732. The Morgan fingerprint density at radius 1 is 1.41 bits per heavy atom. The van der Waals surface area contributed by atoms with Gasteiger partial charge in [0, 0.05) is 6.42 Å². The number of ketones is 1. The zero-order chi connectivity index (χ0) is 12.5. The second-order valence-electron chi connectivity index (χ2n) is 4.17. The van der Waals surface area contributed by atoms with Crippen LogP contribution < -0.4 is 4.52 Å². The smallest absolute Gasteiger partial charge is 0.376 e. The summed E-state index contributed by atoms with van der Waals surface area (Å²) in [7, 11) is -3.63. The molecule has 0 bridgehead atoms. The maximum absolute atomic E-state index is 11.7. The fourth-order valence-electron chi connectivity index (χ4n) is 2.03. The lowest BCUT2D eigenvalue weighted by Gasteiger charge is -2.14. The summed E-state index contributed by atoms with van der Waals surface area (Å²) in [6, 6.07) is 5.19. The zero-order valence-electron chi connectivity index (χ0n) is 9.68. The molecule has 1 unspecified atom stereocenters. The number of Topliss-reactive ketones (excluding diaryl/α,β-unsaturated/α-hetero) is 1. The van der Waals surface area contributed by atoms with Crippen molar-refractivity contribution in [1.82, 2.24) is 0 Å². The van der Waals surface area contributed by atoms with Crippen molar-refractivity contribution >= 4 is 13.4 Å². The van der Waals surface area contributed by atoms with Gasteiger partial charge in [0.2, 0.25) is 0 Å². The standard InChI is InChI=1S/C12H15O4P/c1-2-8-17(14,15)16-11-5-3-4-9-6-7-10(13)12(9)11/h3-5H,2,6-8H2,1H3,(H,14,15). The van der Waals surface area contributed by atoms with Gasteiger partial charge < -0.3 is 9.42 Å². The molecule has 1 N–H and O–H groups in total. The average molecular weight is 254 g/mol. The minimum Gasteiger partial charge on any atom is -0.424 e. The lowest BCUT2D eigenvalue weighted by atomic mass is 10.1. The molecule has 0 radical (unpaired) electrons. The number of hydrogen-bond acceptors (Lipinski definition) is 3. The number of benzene rings is 1. The quantitative estimate of drug-likeness (QED) is 0.839. The van der Waals surface area contributed by atoms with Crippen molar-refractivity contribution in [1.29, 1.82) is 0 Å². The number of rotatable bonds is 4. The summed E-state index contributed by atoms with van der Waals surface area (Å²) in [4.78, 5) is 21.3. The van der Waals surface area contributed by atoms with Crippen molar-refractivity contribution in [3.8, 4) is 5.75 Å². The van der Waals surface area contributed by atoms with Crippen molar-refractivity contribution in [2.75, 3.05) is 6.16 Å². The molecule has 1 atom stereocenters. The molecule has 0 fully saturated rings. The summed E-state index contributed by atoms with van der Waals surface area (Å²) in [6.07, 6.45) is 1.82. The normalized spacial score (nSPS) is 17.6. The predicted octanol–water partition coefficient (Wildman–Crippen LogP) is 2.79. The molecule has 5 heteroatoms. The first-order valence-electron chi connectivity index (χ1n) is 5.70. The highest BCUT2D eigenvalue weighted by molar-refractivity contribution is 7.53. The van der Waals surface area contributed by atoms with Crippen LogP contribution in [0, 0.1) is 0 Å². The van der Waals surface area contributed by atoms with Gasteiger partial charge in [-0.2, -0.15) is 0 Å². The van der Waals surface area contributed by atoms with Crippen molar-refractivity contribution in [3.05, 3.63) is 29.3 Å². The lowest BCUT2D eigenvalue weighted by Crippen LogP contribution is -2.01. The Kier molecular flexibility index (Phi) is 3.36. The van der Waals surface area contributed by atoms with Crippen LogP contribution in [0.15, 0.2) is 18.2 Å². The highest BCUT2D eigenvalue weighted by Gasteiger charge is 2.27. The molecule has 0 amide bonds. The van der Waals surface area contributed by atoms with Gasteiger partial charge in [-0.05, 0) is 24.5 Å². The van der Waals surface area contributed by atoms with E-state index >= 15 is 0 Å². The third-order valence-corrected chi connectivity index (χ3v) is 4.25. The first-order chi connectivity index (χ1) is 8.03. The zero-order valence-corrected chi connectivity index (χ0v) is 10.6. The second kappa shape index (κ2) is 4.63. The molecule has 17 heavy (non-hydrogen) atoms. The Labute approximate surface area is 100 Å². The Bertz CT molecular complexity index is 495. The van der Waals surface area contributed by atoms with E-state index in [2.05, 4.69) is 0 Å². The summed E-state index contributed by atoms with van der Waals surface area (Å²) in [5.74, 6) is 0.247. The number of hydrogen-bond donors (Lipinski definition) is 1. The van der Waals surface area contributed by atoms with E-state index in [-0.39, 0.29) is 17.7 Å². The van der Waals surface area contributed by atoms with Crippen LogP contribution in [0.4, 0.5) is 0 Å². The molecule has 0 aromatic heterocycles. The molecule has 1 aromatic rings. The van der Waals surface area contributed by atoms with E-state index in [0.29, 0.717) is 24.8 Å². The van der Waals surface area contributed by atoms with E-state index in [1.807, 2.05) is 13.0 Å². The van der Waals surface area contributed by atoms with Crippen LogP contribution in [0.2, 0.25) is 0 Å². The van der Waals surface area contributed by atoms with Gasteiger partial charge >= 0.3 is 7.60 Å². The lowest BCUT2D eigenvalue weighted by molar-refractivity contribution is 0.0993. The summed E-state index contributed by atoms with van der Waals surface area (Å²) in [5, 5.41) is 0. The van der Waals surface area contributed by atoms with Gasteiger partial charge in [-0.1, -0.05) is 19.1 Å². The molecular weight excluding hydrogens is 239 g/mol. The SMILES string of the molecule is CCCP(=O)(O)Oc1cccc2c1C(=O)CC2. The van der Waals surface area contributed by atoms with Gasteiger partial charge in [-0.3, -0.25) is 4.79 Å². The van der Waals surface area contributed by atoms with Crippen LogP contribution in [0.1, 0.15) is 35.7 Å². The second-order valence-corrected chi connectivity index (χ2v) is 6.07. The van der Waals surface area contributed by atoms with E-state index in [4.69, 9.17) is 4.52 Å². The van der Waals surface area contributed by atoms with Crippen molar-refractivity contribution < 1.29 is 18.8 Å². The maximum Gasteiger partial charge on any atom is 0.376 e. The fraction of sp³-hybridized carbons (Fsp3) is 0.417. The maximum atomic E-state index is 11.7. The van der Waals surface area contributed by atoms with Gasteiger partial charge in [-0.15, -0.1) is 0 Å². The Balaban J connectivity index is 2.32. The number of carbonyl (C=O) groups is 1. The van der Waals surface area contributed by atoms with Gasteiger partial charge in [0.1, 0.15) is 5.75 Å². The molecule has 0 saturated heterocycles. The molecular formula is C12H15O4P. The average Bonchev–Trinajstić information content (AvgIpc) is 2.61. The van der Waals surface area contributed by atoms with Crippen molar-refractivity contribution in [3.63, 3.8) is 0 Å². The number of carbonyl (C=O) groups excluding carboxylic acids is 1. The molecule has 4 nitrogen and oxygen atoms in total. The Hall–Kier alpha value is -1.12. The van der Waals surface area contributed by atoms with E-state index < -0.39 is 7.60 Å². The summed E-state index contributed by atoms with van der Waals surface area (Å²) in [6.45, 7) is 1.81. The van der Waals surface area contributed by atoms with Gasteiger partial charge in [-0.25, -0.2) is 4.57 Å². The Morgan fingerprint density at radius 2 is 2.18 bits per heavy atom. The van der Waals surface area contributed by atoms with Crippen LogP contribution in [-0.4, -0.2) is 16.8 Å². The molecule has 0 saturated carbocycles. The predicted molar refractivity (Wildman–Crippen MR) is 64.7 cm³/mol. The summed E-state index contributed by atoms with van der Waals surface area (Å²) < 4.78 is 16.9. The van der Waals surface area contributed by atoms with Crippen LogP contribution in [0.3, 0.4) is 0 Å². The highest BCUT2D eigenvalue weighted by atomic mass is 31.2. The largest absolute Gasteiger partial charge is 0.424 e. The monoisotopic (exact) mass is 254 g/mol. The van der Waals surface area contributed by atoms with Crippen molar-refractivity contribution in [2.24, 2.45) is 0 Å². The van der Waals surface area contributed by atoms with Gasteiger partial charge in [0.25, 0.3) is 0 Å². The van der Waals surface area contributed by atoms with Gasteiger partial charge in [0.05, 0.1) is 11.7 Å². The highest BCUT2D eigenvalue weighted by Crippen LogP contribution is 2.45. The van der Waals surface area contributed by atoms with Crippen molar-refractivity contribution in [2.45, 2.75) is 26.2 Å². The summed E-state index contributed by atoms with van der Waals surface area (Å²) in [5.41, 5.74) is 1.39. The van der Waals surface area contributed by atoms with E-state index in [9.17, 15) is 14.3 Å². The molecule has 1 aromatic carbocycles. The molecule has 0 heterocycles. The third-order valence-electron chi connectivity index (χ3n) is 2.76. The molecule has 0 spiro atoms. The van der Waals surface area contributed by atoms with Crippen LogP contribution in [-0.2, 0) is 11.0 Å². The van der Waals surface area contributed by atoms with E-state index in [1.165, 1.54) is 0 Å².